The number of alkyl halides is 6. The molecule has 0 bridgehead atoms. The summed E-state index contributed by atoms with van der Waals surface area (Å²) in [6, 6.07) is 7.24. The number of para-hydroxylation sites is 1. The van der Waals surface area contributed by atoms with Crippen molar-refractivity contribution in [2.45, 2.75) is 52.3 Å². The van der Waals surface area contributed by atoms with E-state index in [0.29, 0.717) is 6.42 Å². The first-order valence-corrected chi connectivity index (χ1v) is 12.8. The van der Waals surface area contributed by atoms with Crippen LogP contribution in [0.25, 0.3) is 0 Å². The zero-order valence-corrected chi connectivity index (χ0v) is 23.3. The predicted molar refractivity (Wildman–Crippen MR) is 139 cm³/mol. The summed E-state index contributed by atoms with van der Waals surface area (Å²) in [5.74, 6) is -3.08. The molecule has 0 saturated carbocycles. The lowest BCUT2D eigenvalue weighted by Gasteiger charge is -2.26. The van der Waals surface area contributed by atoms with E-state index in [1.807, 2.05) is 20.8 Å². The summed E-state index contributed by atoms with van der Waals surface area (Å²) < 4.78 is 102. The summed E-state index contributed by atoms with van der Waals surface area (Å²) in [7, 11) is 1.28. The van der Waals surface area contributed by atoms with Crippen LogP contribution in [0.3, 0.4) is 0 Å². The Morgan fingerprint density at radius 3 is 2.16 bits per heavy atom. The normalized spacial score (nSPS) is 14.3. The molecule has 1 aliphatic rings. The highest BCUT2D eigenvalue weighted by molar-refractivity contribution is 5.97. The van der Waals surface area contributed by atoms with Crippen molar-refractivity contribution in [3.05, 3.63) is 81.9 Å². The van der Waals surface area contributed by atoms with E-state index in [0.717, 1.165) is 0 Å². The number of rotatable bonds is 5. The van der Waals surface area contributed by atoms with E-state index in [2.05, 4.69) is 0 Å². The van der Waals surface area contributed by atoms with Gasteiger partial charge in [-0.05, 0) is 48.2 Å². The fraction of sp³-hybridized carbons (Fsp3) is 0.333. The monoisotopic (exact) mass is 612 g/mol. The zero-order chi connectivity index (χ0) is 31.9. The van der Waals surface area contributed by atoms with Crippen LogP contribution < -0.4 is 14.2 Å². The number of aliphatic hydroxyl groups excluding tert-OH is 1. The molecule has 1 N–H and O–H groups in total. The van der Waals surface area contributed by atoms with Gasteiger partial charge in [0.15, 0.2) is 11.5 Å². The smallest absolute Gasteiger partial charge is 0.416 e. The van der Waals surface area contributed by atoms with Gasteiger partial charge in [-0.25, -0.2) is 9.59 Å². The topological polar surface area (TPSA) is 91.3 Å². The van der Waals surface area contributed by atoms with Gasteiger partial charge in [-0.15, -0.1) is 0 Å². The van der Waals surface area contributed by atoms with E-state index in [1.54, 1.807) is 0 Å². The van der Waals surface area contributed by atoms with E-state index in [-0.39, 0.29) is 63.3 Å². The lowest BCUT2D eigenvalue weighted by molar-refractivity contribution is -0.143. The number of methoxy groups -OCH3 is 1. The lowest BCUT2D eigenvalue weighted by atomic mass is 9.86. The Morgan fingerprint density at radius 1 is 0.977 bits per heavy atom. The molecule has 0 saturated heterocycles. The first-order chi connectivity index (χ1) is 19.9. The van der Waals surface area contributed by atoms with Crippen LogP contribution in [0.15, 0.2) is 48.5 Å². The molecular formula is C30H26F6O7. The van der Waals surface area contributed by atoms with Gasteiger partial charge < -0.3 is 24.1 Å². The molecule has 1 heterocycles. The van der Waals surface area contributed by atoms with Crippen molar-refractivity contribution < 1.29 is 60.0 Å². The highest BCUT2D eigenvalue weighted by Gasteiger charge is 2.38. The molecule has 43 heavy (non-hydrogen) atoms. The lowest BCUT2D eigenvalue weighted by Crippen LogP contribution is -2.18. The minimum absolute atomic E-state index is 0.0270. The number of carbonyl (C=O) groups is 2. The van der Waals surface area contributed by atoms with Crippen LogP contribution in [0.4, 0.5) is 26.3 Å². The van der Waals surface area contributed by atoms with Crippen molar-refractivity contribution in [1.29, 1.82) is 0 Å². The Labute approximate surface area is 241 Å². The number of aliphatic hydroxyl groups is 1. The molecule has 3 aromatic rings. The van der Waals surface area contributed by atoms with Gasteiger partial charge in [0.05, 0.1) is 29.9 Å². The summed E-state index contributed by atoms with van der Waals surface area (Å²) in [6.07, 6.45) is -11.1. The second-order valence-corrected chi connectivity index (χ2v) is 10.9. The maximum absolute atomic E-state index is 13.3. The van der Waals surface area contributed by atoms with Crippen LogP contribution in [0.1, 0.15) is 76.3 Å². The molecule has 0 spiro atoms. The number of benzene rings is 3. The molecule has 13 heteroatoms. The summed E-state index contributed by atoms with van der Waals surface area (Å²) in [4.78, 5) is 25.9. The van der Waals surface area contributed by atoms with Gasteiger partial charge in [0, 0.05) is 11.1 Å². The maximum Gasteiger partial charge on any atom is 0.416 e. The SMILES string of the molecule is COc1c([C@@H](O)CC(C)(C)C)ccc2c1C(=O)OCc1cccc(OC(=O)c3cc(C(F)(F)F)cc(C(F)(F)F)c3)c1O2. The van der Waals surface area contributed by atoms with Gasteiger partial charge in [-0.3, -0.25) is 0 Å². The predicted octanol–water partition coefficient (Wildman–Crippen LogP) is 7.88. The van der Waals surface area contributed by atoms with Crippen molar-refractivity contribution in [3.8, 4) is 23.0 Å². The van der Waals surface area contributed by atoms with E-state index in [1.165, 1.54) is 37.4 Å². The third kappa shape index (κ3) is 7.04. The van der Waals surface area contributed by atoms with E-state index in [4.69, 9.17) is 18.9 Å². The molecule has 0 aromatic heterocycles. The third-order valence-electron chi connectivity index (χ3n) is 6.38. The standard InChI is InChI=1S/C30H26F6O7/c1-28(2,3)13-20(37)19-8-9-21-23(25(19)40-4)27(39)41-14-15-6-5-7-22(24(15)42-21)43-26(38)16-10-17(29(31,32)33)12-18(11-16)30(34,35)36/h5-12,20,37H,13-14H2,1-4H3/t20-/m0/s1. The Balaban J connectivity index is 1.76. The first-order valence-electron chi connectivity index (χ1n) is 12.8. The number of esters is 2. The van der Waals surface area contributed by atoms with E-state index < -0.39 is 53.7 Å². The fourth-order valence-electron chi connectivity index (χ4n) is 4.46. The van der Waals surface area contributed by atoms with Crippen molar-refractivity contribution in [2.75, 3.05) is 7.11 Å². The minimum atomic E-state index is -5.17. The summed E-state index contributed by atoms with van der Waals surface area (Å²) in [5.41, 5.74) is -4.40. The average Bonchev–Trinajstić information content (AvgIpc) is 2.89. The number of halogens is 6. The molecule has 3 aromatic carbocycles. The van der Waals surface area contributed by atoms with Gasteiger partial charge in [0.2, 0.25) is 0 Å². The van der Waals surface area contributed by atoms with Crippen LogP contribution in [-0.4, -0.2) is 24.2 Å². The third-order valence-corrected chi connectivity index (χ3v) is 6.38. The van der Waals surface area contributed by atoms with Gasteiger partial charge >= 0.3 is 24.3 Å². The number of fused-ring (bicyclic) bond motifs is 2. The largest absolute Gasteiger partial charge is 0.495 e. The zero-order valence-electron chi connectivity index (χ0n) is 23.3. The number of hydrogen-bond donors (Lipinski definition) is 1. The van der Waals surface area contributed by atoms with Crippen molar-refractivity contribution in [2.24, 2.45) is 5.41 Å². The highest BCUT2D eigenvalue weighted by Crippen LogP contribution is 2.45. The summed E-state index contributed by atoms with van der Waals surface area (Å²) in [5, 5.41) is 10.9. The summed E-state index contributed by atoms with van der Waals surface area (Å²) >= 11 is 0. The highest BCUT2D eigenvalue weighted by atomic mass is 19.4. The van der Waals surface area contributed by atoms with Gasteiger partial charge in [0.25, 0.3) is 0 Å². The number of ether oxygens (including phenoxy) is 4. The number of carbonyl (C=O) groups excluding carboxylic acids is 2. The second kappa shape index (κ2) is 11.4. The van der Waals surface area contributed by atoms with Crippen molar-refractivity contribution >= 4 is 11.9 Å². The van der Waals surface area contributed by atoms with Crippen LogP contribution in [-0.2, 0) is 23.7 Å². The van der Waals surface area contributed by atoms with Crippen molar-refractivity contribution in [1.82, 2.24) is 0 Å². The van der Waals surface area contributed by atoms with Gasteiger partial charge in [-0.1, -0.05) is 32.9 Å². The molecule has 1 atom stereocenters. The summed E-state index contributed by atoms with van der Waals surface area (Å²) in [6.45, 7) is 5.34. The number of cyclic esters (lactones) is 1. The van der Waals surface area contributed by atoms with Crippen LogP contribution in [0.5, 0.6) is 23.0 Å². The molecule has 7 nitrogen and oxygen atoms in total. The molecular weight excluding hydrogens is 586 g/mol. The molecule has 0 fully saturated rings. The average molecular weight is 613 g/mol. The molecule has 1 aliphatic heterocycles. The molecule has 0 amide bonds. The Kier molecular flexibility index (Phi) is 8.42. The molecule has 0 unspecified atom stereocenters. The Bertz CT molecular complexity index is 1520. The van der Waals surface area contributed by atoms with Crippen LogP contribution >= 0.6 is 0 Å². The first kappa shape index (κ1) is 31.7. The molecule has 0 aliphatic carbocycles. The Hall–Kier alpha value is -4.26. The van der Waals surface area contributed by atoms with Gasteiger partial charge in [-0.2, -0.15) is 26.3 Å². The van der Waals surface area contributed by atoms with Crippen LogP contribution in [0, 0.1) is 5.41 Å². The Morgan fingerprint density at radius 2 is 1.60 bits per heavy atom. The van der Waals surface area contributed by atoms with Crippen molar-refractivity contribution in [3.63, 3.8) is 0 Å². The maximum atomic E-state index is 13.3. The number of hydrogen-bond acceptors (Lipinski definition) is 7. The van der Waals surface area contributed by atoms with E-state index >= 15 is 0 Å². The molecule has 0 radical (unpaired) electrons. The van der Waals surface area contributed by atoms with E-state index in [9.17, 15) is 41.0 Å². The van der Waals surface area contributed by atoms with Crippen LogP contribution in [0.2, 0.25) is 0 Å². The molecule has 4 rings (SSSR count). The fourth-order valence-corrected chi connectivity index (χ4v) is 4.46. The minimum Gasteiger partial charge on any atom is -0.495 e. The quantitative estimate of drug-likeness (QED) is 0.178. The van der Waals surface area contributed by atoms with Gasteiger partial charge in [0.1, 0.15) is 23.7 Å². The molecule has 230 valence electrons. The second-order valence-electron chi connectivity index (χ2n) is 10.9.